The summed E-state index contributed by atoms with van der Waals surface area (Å²) in [5.74, 6) is 0.659. The maximum Gasteiger partial charge on any atom is 0.586 e. The molecule has 1 heterocycles. The molecule has 2 aromatic carbocycles. The van der Waals surface area contributed by atoms with Gasteiger partial charge in [0.05, 0.1) is 12.8 Å². The summed E-state index contributed by atoms with van der Waals surface area (Å²) in [5, 5.41) is 12.1. The number of para-hydroxylation sites is 1. The molecule has 0 atom stereocenters. The van der Waals surface area contributed by atoms with Gasteiger partial charge in [0.25, 0.3) is 0 Å². The van der Waals surface area contributed by atoms with E-state index in [1.807, 2.05) is 18.2 Å². The zero-order valence-electron chi connectivity index (χ0n) is 13.0. The maximum absolute atomic E-state index is 13.2. The first-order chi connectivity index (χ1) is 11.5. The van der Waals surface area contributed by atoms with Gasteiger partial charge in [0, 0.05) is 18.7 Å². The molecule has 0 saturated heterocycles. The van der Waals surface area contributed by atoms with E-state index in [4.69, 9.17) is 9.84 Å². The molecule has 0 fully saturated rings. The summed E-state index contributed by atoms with van der Waals surface area (Å²) >= 11 is 0. The lowest BCUT2D eigenvalue weighted by Gasteiger charge is -2.13. The van der Waals surface area contributed by atoms with Crippen LogP contribution < -0.4 is 19.5 Å². The second-order valence-corrected chi connectivity index (χ2v) is 5.27. The second kappa shape index (κ2) is 6.52. The number of aliphatic hydroxyl groups excluding tert-OH is 1. The highest BCUT2D eigenvalue weighted by Gasteiger charge is 2.44. The van der Waals surface area contributed by atoms with Gasteiger partial charge in [-0.3, -0.25) is 0 Å². The number of hydrogen-bond donors (Lipinski definition) is 2. The molecule has 0 saturated carbocycles. The predicted molar refractivity (Wildman–Crippen MR) is 83.8 cm³/mol. The summed E-state index contributed by atoms with van der Waals surface area (Å²) in [6, 6.07) is 10.3. The minimum absolute atomic E-state index is 0.0181. The van der Waals surface area contributed by atoms with Gasteiger partial charge in [-0.25, -0.2) is 0 Å². The molecule has 2 N–H and O–H groups in total. The summed E-state index contributed by atoms with van der Waals surface area (Å²) in [7, 11) is 1.54. The molecule has 2 aromatic rings. The van der Waals surface area contributed by atoms with Gasteiger partial charge in [-0.2, -0.15) is 0 Å². The van der Waals surface area contributed by atoms with Crippen LogP contribution in [0.1, 0.15) is 11.1 Å². The summed E-state index contributed by atoms with van der Waals surface area (Å²) in [5.41, 5.74) is 2.20. The number of rotatable bonds is 6. The van der Waals surface area contributed by atoms with Crippen molar-refractivity contribution in [1.29, 1.82) is 0 Å². The molecule has 1 aliphatic heterocycles. The van der Waals surface area contributed by atoms with Gasteiger partial charge < -0.3 is 24.6 Å². The van der Waals surface area contributed by atoms with Crippen molar-refractivity contribution < 1.29 is 28.1 Å². The number of ether oxygens (including phenoxy) is 3. The van der Waals surface area contributed by atoms with Crippen molar-refractivity contribution in [3.8, 4) is 17.2 Å². The number of alkyl halides is 2. The number of anilines is 1. The predicted octanol–water partition coefficient (Wildman–Crippen LogP) is 3.16. The number of hydrogen-bond acceptors (Lipinski definition) is 5. The number of nitrogens with one attached hydrogen (secondary N) is 1. The smallest absolute Gasteiger partial charge is 0.495 e. The molecule has 0 spiro atoms. The molecular formula is C17H17F2NO4. The van der Waals surface area contributed by atoms with Crippen molar-refractivity contribution in [2.45, 2.75) is 19.3 Å². The summed E-state index contributed by atoms with van der Waals surface area (Å²) < 4.78 is 40.8. The molecule has 24 heavy (non-hydrogen) atoms. The molecular weight excluding hydrogens is 320 g/mol. The molecule has 5 nitrogen and oxygen atoms in total. The molecule has 128 valence electrons. The van der Waals surface area contributed by atoms with Crippen molar-refractivity contribution in [3.05, 3.63) is 47.5 Å². The highest BCUT2D eigenvalue weighted by molar-refractivity contribution is 5.59. The third kappa shape index (κ3) is 3.35. The van der Waals surface area contributed by atoms with Crippen LogP contribution in [0.25, 0.3) is 0 Å². The fourth-order valence-electron chi connectivity index (χ4n) is 2.52. The Morgan fingerprint density at radius 3 is 2.79 bits per heavy atom. The minimum atomic E-state index is -3.64. The van der Waals surface area contributed by atoms with E-state index in [0.29, 0.717) is 23.4 Å². The number of aliphatic hydroxyl groups is 1. The monoisotopic (exact) mass is 337 g/mol. The van der Waals surface area contributed by atoms with Crippen molar-refractivity contribution in [2.24, 2.45) is 0 Å². The molecule has 1 aliphatic rings. The van der Waals surface area contributed by atoms with Crippen molar-refractivity contribution >= 4 is 5.69 Å². The highest BCUT2D eigenvalue weighted by Crippen LogP contribution is 2.43. The number of fused-ring (bicyclic) bond motifs is 1. The zero-order chi connectivity index (χ0) is 17.2. The van der Waals surface area contributed by atoms with E-state index in [9.17, 15) is 8.78 Å². The average Bonchev–Trinajstić information content (AvgIpc) is 2.88. The van der Waals surface area contributed by atoms with Crippen LogP contribution in [0.3, 0.4) is 0 Å². The first kappa shape index (κ1) is 16.3. The molecule has 0 radical (unpaired) electrons. The Hall–Kier alpha value is -2.54. The third-order valence-corrected chi connectivity index (χ3v) is 3.65. The van der Waals surface area contributed by atoms with Crippen LogP contribution in [0, 0.1) is 0 Å². The molecule has 0 aromatic heterocycles. The van der Waals surface area contributed by atoms with E-state index in [-0.39, 0.29) is 24.7 Å². The second-order valence-electron chi connectivity index (χ2n) is 5.27. The van der Waals surface area contributed by atoms with Crippen LogP contribution in [0.5, 0.6) is 17.2 Å². The summed E-state index contributed by atoms with van der Waals surface area (Å²) in [4.78, 5) is 0. The van der Waals surface area contributed by atoms with Gasteiger partial charge in [0.15, 0.2) is 11.5 Å². The number of benzene rings is 2. The van der Waals surface area contributed by atoms with Crippen molar-refractivity contribution in [3.63, 3.8) is 0 Å². The van der Waals surface area contributed by atoms with E-state index in [2.05, 4.69) is 14.8 Å². The topological polar surface area (TPSA) is 60.0 Å². The quantitative estimate of drug-likeness (QED) is 0.848. The van der Waals surface area contributed by atoms with E-state index in [1.165, 1.54) is 6.07 Å². The molecule has 7 heteroatoms. The van der Waals surface area contributed by atoms with Gasteiger partial charge in [0.2, 0.25) is 0 Å². The summed E-state index contributed by atoms with van der Waals surface area (Å²) in [6.07, 6.45) is -3.11. The van der Waals surface area contributed by atoms with Crippen LogP contribution in [-0.4, -0.2) is 25.1 Å². The average molecular weight is 337 g/mol. The lowest BCUT2D eigenvalue weighted by molar-refractivity contribution is -0.286. The molecule has 3 rings (SSSR count). The van der Waals surface area contributed by atoms with Gasteiger partial charge in [-0.15, -0.1) is 8.78 Å². The number of methoxy groups -OCH3 is 1. The summed E-state index contributed by atoms with van der Waals surface area (Å²) in [6.45, 7) is 0.315. The van der Waals surface area contributed by atoms with Gasteiger partial charge >= 0.3 is 6.29 Å². The van der Waals surface area contributed by atoms with E-state index in [1.54, 1.807) is 19.2 Å². The minimum Gasteiger partial charge on any atom is -0.495 e. The Balaban J connectivity index is 1.77. The van der Waals surface area contributed by atoms with Crippen LogP contribution in [0.2, 0.25) is 0 Å². The van der Waals surface area contributed by atoms with E-state index in [0.717, 1.165) is 5.56 Å². The maximum atomic E-state index is 13.2. The first-order valence-corrected chi connectivity index (χ1v) is 7.42. The molecule has 0 amide bonds. The van der Waals surface area contributed by atoms with Crippen molar-refractivity contribution in [2.75, 3.05) is 19.0 Å². The Kier molecular flexibility index (Phi) is 4.44. The van der Waals surface area contributed by atoms with E-state index >= 15 is 0 Å². The van der Waals surface area contributed by atoms with Crippen LogP contribution in [-0.2, 0) is 13.0 Å². The fourth-order valence-corrected chi connectivity index (χ4v) is 2.52. The Labute approximate surface area is 137 Å². The Morgan fingerprint density at radius 2 is 2.04 bits per heavy atom. The van der Waals surface area contributed by atoms with Crippen LogP contribution >= 0.6 is 0 Å². The largest absolute Gasteiger partial charge is 0.586 e. The molecule has 0 aliphatic carbocycles. The Morgan fingerprint density at radius 1 is 1.21 bits per heavy atom. The van der Waals surface area contributed by atoms with Crippen LogP contribution in [0.15, 0.2) is 36.4 Å². The van der Waals surface area contributed by atoms with Gasteiger partial charge in [0.1, 0.15) is 5.75 Å². The number of halogens is 2. The molecule has 0 unspecified atom stereocenters. The standard InChI is InChI=1S/C17H17F2NO4/c1-22-15-9-11(7-8-21)5-6-13(15)20-10-12-3-2-4-14-16(12)24-17(18,19)23-14/h2-6,9,20-21H,7-8,10H2,1H3. The van der Waals surface area contributed by atoms with Gasteiger partial charge in [-0.1, -0.05) is 18.2 Å². The lowest BCUT2D eigenvalue weighted by atomic mass is 10.1. The third-order valence-electron chi connectivity index (χ3n) is 3.65. The van der Waals surface area contributed by atoms with Crippen LogP contribution in [0.4, 0.5) is 14.5 Å². The highest BCUT2D eigenvalue weighted by atomic mass is 19.3. The van der Waals surface area contributed by atoms with Gasteiger partial charge in [-0.05, 0) is 30.2 Å². The normalized spacial score (nSPS) is 14.5. The first-order valence-electron chi connectivity index (χ1n) is 7.42. The molecule has 0 bridgehead atoms. The lowest BCUT2D eigenvalue weighted by Crippen LogP contribution is -2.26. The van der Waals surface area contributed by atoms with E-state index < -0.39 is 6.29 Å². The Bertz CT molecular complexity index is 737. The van der Waals surface area contributed by atoms with Crippen molar-refractivity contribution in [1.82, 2.24) is 0 Å². The fraction of sp³-hybridized carbons (Fsp3) is 0.294. The SMILES string of the molecule is COc1cc(CCO)ccc1NCc1cccc2c1OC(F)(F)O2. The zero-order valence-corrected chi connectivity index (χ0v) is 13.0.